The van der Waals surface area contributed by atoms with Crippen LogP contribution in [-0.4, -0.2) is 49.0 Å². The number of nitrogens with zero attached hydrogens (tertiary/aromatic N) is 1. The summed E-state index contributed by atoms with van der Waals surface area (Å²) in [5, 5.41) is 7.30. The lowest BCUT2D eigenvalue weighted by molar-refractivity contribution is -0.137. The van der Waals surface area contributed by atoms with Gasteiger partial charge in [0.1, 0.15) is 17.6 Å². The van der Waals surface area contributed by atoms with Crippen LogP contribution < -0.4 is 20.7 Å². The molecule has 3 rings (SSSR count). The molecule has 0 spiro atoms. The van der Waals surface area contributed by atoms with Crippen LogP contribution in [0.4, 0.5) is 33.7 Å². The molecule has 1 aliphatic heterocycles. The molecule has 1 aliphatic rings. The van der Waals surface area contributed by atoms with Crippen molar-refractivity contribution in [3.63, 3.8) is 0 Å². The number of ether oxygens (including phenoxy) is 1. The molecule has 4 amide bonds. The standard InChI is InChI=1S/C24H26F4N4O4/c1-14(29-23(35)31-19-12-16(24(26,27)28)11-17(25)13-19)22(34)32-9-7-15(8-10-32)21(33)30-18-3-5-20(36-2)6-4-18/h3-6,11-15H,7-10H2,1-2H3,(H,30,33)(H2,29,31,35)/t14-/m0/s1. The Morgan fingerprint density at radius 2 is 1.64 bits per heavy atom. The molecule has 8 nitrogen and oxygen atoms in total. The fraction of sp³-hybridized carbons (Fsp3) is 0.375. The van der Waals surface area contributed by atoms with Gasteiger partial charge in [0.2, 0.25) is 11.8 Å². The van der Waals surface area contributed by atoms with Gasteiger partial charge >= 0.3 is 12.2 Å². The minimum atomic E-state index is -4.78. The minimum Gasteiger partial charge on any atom is -0.497 e. The first kappa shape index (κ1) is 26.8. The van der Waals surface area contributed by atoms with Crippen LogP contribution in [-0.2, 0) is 15.8 Å². The largest absolute Gasteiger partial charge is 0.497 e. The predicted molar refractivity (Wildman–Crippen MR) is 124 cm³/mol. The number of methoxy groups -OCH3 is 1. The number of halogens is 4. The maximum atomic E-state index is 13.5. The number of benzene rings is 2. The van der Waals surface area contributed by atoms with Crippen molar-refractivity contribution in [2.24, 2.45) is 5.92 Å². The highest BCUT2D eigenvalue weighted by Gasteiger charge is 2.32. The number of carbonyl (C=O) groups is 3. The van der Waals surface area contributed by atoms with Gasteiger partial charge in [-0.05, 0) is 62.2 Å². The molecule has 1 fully saturated rings. The van der Waals surface area contributed by atoms with Gasteiger partial charge in [-0.3, -0.25) is 9.59 Å². The van der Waals surface area contributed by atoms with E-state index in [2.05, 4.69) is 16.0 Å². The molecular formula is C24H26F4N4O4. The van der Waals surface area contributed by atoms with Crippen molar-refractivity contribution >= 4 is 29.2 Å². The topological polar surface area (TPSA) is 99.8 Å². The summed E-state index contributed by atoms with van der Waals surface area (Å²) in [6.07, 6.45) is -3.93. The van der Waals surface area contributed by atoms with E-state index in [1.165, 1.54) is 11.8 Å². The van der Waals surface area contributed by atoms with Crippen molar-refractivity contribution in [2.45, 2.75) is 32.0 Å². The van der Waals surface area contributed by atoms with Gasteiger partial charge in [0.15, 0.2) is 0 Å². The van der Waals surface area contributed by atoms with Crippen molar-refractivity contribution in [2.75, 3.05) is 30.8 Å². The lowest BCUT2D eigenvalue weighted by Gasteiger charge is -2.33. The highest BCUT2D eigenvalue weighted by molar-refractivity contribution is 5.94. The van der Waals surface area contributed by atoms with Gasteiger partial charge in [0.05, 0.1) is 12.7 Å². The predicted octanol–water partition coefficient (Wildman–Crippen LogP) is 4.24. The van der Waals surface area contributed by atoms with Crippen LogP contribution in [0.3, 0.4) is 0 Å². The van der Waals surface area contributed by atoms with Crippen molar-refractivity contribution in [3.8, 4) is 5.75 Å². The number of amides is 4. The molecule has 0 bridgehead atoms. The molecule has 1 heterocycles. The third-order valence-corrected chi connectivity index (χ3v) is 5.74. The Morgan fingerprint density at radius 3 is 2.22 bits per heavy atom. The number of rotatable bonds is 6. The van der Waals surface area contributed by atoms with Crippen LogP contribution in [0.25, 0.3) is 0 Å². The summed E-state index contributed by atoms with van der Waals surface area (Å²) in [5.41, 5.74) is -1.02. The Morgan fingerprint density at radius 1 is 1.00 bits per heavy atom. The molecule has 3 N–H and O–H groups in total. The normalized spacial score (nSPS) is 15.1. The number of anilines is 2. The van der Waals surface area contributed by atoms with E-state index < -0.39 is 41.2 Å². The Balaban J connectivity index is 1.48. The second-order valence-corrected chi connectivity index (χ2v) is 8.36. The highest BCUT2D eigenvalue weighted by Crippen LogP contribution is 2.31. The molecule has 1 atom stereocenters. The van der Waals surface area contributed by atoms with Crippen molar-refractivity contribution in [3.05, 3.63) is 53.8 Å². The van der Waals surface area contributed by atoms with Gasteiger partial charge in [-0.2, -0.15) is 13.2 Å². The number of nitrogens with one attached hydrogen (secondary N) is 3. The summed E-state index contributed by atoms with van der Waals surface area (Å²) in [5.74, 6) is -1.36. The lowest BCUT2D eigenvalue weighted by atomic mass is 9.95. The maximum absolute atomic E-state index is 13.5. The number of hydrogen-bond acceptors (Lipinski definition) is 4. The molecule has 0 radical (unpaired) electrons. The van der Waals surface area contributed by atoms with Gasteiger partial charge in [0, 0.05) is 30.4 Å². The van der Waals surface area contributed by atoms with Crippen LogP contribution >= 0.6 is 0 Å². The first-order valence-corrected chi connectivity index (χ1v) is 11.2. The fourth-order valence-corrected chi connectivity index (χ4v) is 3.81. The minimum absolute atomic E-state index is 0.161. The van der Waals surface area contributed by atoms with E-state index in [1.54, 1.807) is 31.4 Å². The quantitative estimate of drug-likeness (QED) is 0.507. The number of likely N-dealkylation sites (tertiary alicyclic amines) is 1. The van der Waals surface area contributed by atoms with Gasteiger partial charge < -0.3 is 25.6 Å². The summed E-state index contributed by atoms with van der Waals surface area (Å²) >= 11 is 0. The first-order valence-electron chi connectivity index (χ1n) is 11.2. The molecule has 0 aromatic heterocycles. The molecule has 0 saturated carbocycles. The van der Waals surface area contributed by atoms with E-state index in [0.29, 0.717) is 49.5 Å². The Kier molecular flexibility index (Phi) is 8.38. The molecular weight excluding hydrogens is 484 g/mol. The van der Waals surface area contributed by atoms with Crippen LogP contribution in [0.15, 0.2) is 42.5 Å². The number of piperidine rings is 1. The zero-order chi connectivity index (χ0) is 26.5. The van der Waals surface area contributed by atoms with Crippen molar-refractivity contribution in [1.82, 2.24) is 10.2 Å². The monoisotopic (exact) mass is 510 g/mol. The van der Waals surface area contributed by atoms with Crippen molar-refractivity contribution < 1.29 is 36.7 Å². The maximum Gasteiger partial charge on any atom is 0.416 e. The number of alkyl halides is 3. The number of carbonyl (C=O) groups excluding carboxylic acids is 3. The molecule has 1 saturated heterocycles. The van der Waals surface area contributed by atoms with Crippen LogP contribution in [0.5, 0.6) is 5.75 Å². The summed E-state index contributed by atoms with van der Waals surface area (Å²) in [6.45, 7) is 2.02. The van der Waals surface area contributed by atoms with Gasteiger partial charge in [-0.15, -0.1) is 0 Å². The number of urea groups is 1. The first-order chi connectivity index (χ1) is 17.0. The number of hydrogen-bond donors (Lipinski definition) is 3. The highest BCUT2D eigenvalue weighted by atomic mass is 19.4. The van der Waals surface area contributed by atoms with Crippen LogP contribution in [0.1, 0.15) is 25.3 Å². The second kappa shape index (κ2) is 11.3. The second-order valence-electron chi connectivity index (χ2n) is 8.36. The van der Waals surface area contributed by atoms with E-state index in [1.807, 2.05) is 0 Å². The summed E-state index contributed by atoms with van der Waals surface area (Å²) < 4.78 is 57.1. The molecule has 2 aromatic rings. The van der Waals surface area contributed by atoms with E-state index in [9.17, 15) is 31.9 Å². The summed E-state index contributed by atoms with van der Waals surface area (Å²) in [4.78, 5) is 39.0. The Hall–Kier alpha value is -3.83. The molecule has 2 aromatic carbocycles. The third-order valence-electron chi connectivity index (χ3n) is 5.74. The van der Waals surface area contributed by atoms with E-state index in [-0.39, 0.29) is 11.8 Å². The SMILES string of the molecule is COc1ccc(NC(=O)C2CCN(C(=O)[C@H](C)NC(=O)Nc3cc(F)cc(C(F)(F)F)c3)CC2)cc1. The third kappa shape index (κ3) is 7.09. The van der Waals surface area contributed by atoms with Gasteiger partial charge in [-0.1, -0.05) is 0 Å². The Labute approximate surface area is 205 Å². The summed E-state index contributed by atoms with van der Waals surface area (Å²) in [7, 11) is 1.54. The average molecular weight is 510 g/mol. The van der Waals surface area contributed by atoms with E-state index >= 15 is 0 Å². The molecule has 36 heavy (non-hydrogen) atoms. The van der Waals surface area contributed by atoms with Crippen molar-refractivity contribution in [1.29, 1.82) is 0 Å². The fourth-order valence-electron chi connectivity index (χ4n) is 3.81. The Bertz CT molecular complexity index is 1100. The summed E-state index contributed by atoms with van der Waals surface area (Å²) in [6, 6.07) is 6.60. The van der Waals surface area contributed by atoms with Crippen LogP contribution in [0, 0.1) is 11.7 Å². The van der Waals surface area contributed by atoms with Crippen LogP contribution in [0.2, 0.25) is 0 Å². The molecule has 12 heteroatoms. The smallest absolute Gasteiger partial charge is 0.416 e. The average Bonchev–Trinajstić information content (AvgIpc) is 2.83. The lowest BCUT2D eigenvalue weighted by Crippen LogP contribution is -2.51. The zero-order valence-electron chi connectivity index (χ0n) is 19.6. The van der Waals surface area contributed by atoms with E-state index in [0.717, 1.165) is 6.07 Å². The zero-order valence-corrected chi connectivity index (χ0v) is 19.6. The molecule has 0 unspecified atom stereocenters. The molecule has 194 valence electrons. The molecule has 0 aliphatic carbocycles. The van der Waals surface area contributed by atoms with Gasteiger partial charge in [-0.25, -0.2) is 9.18 Å². The van der Waals surface area contributed by atoms with Gasteiger partial charge in [0.25, 0.3) is 0 Å². The van der Waals surface area contributed by atoms with E-state index in [4.69, 9.17) is 4.74 Å².